The van der Waals surface area contributed by atoms with Gasteiger partial charge in [0.05, 0.1) is 12.6 Å². The molecule has 0 aromatic carbocycles. The Hall–Kier alpha value is -0.950. The molecule has 1 spiro atoms. The number of hydrogen-bond donors (Lipinski definition) is 3. The first kappa shape index (κ1) is 16.9. The summed E-state index contributed by atoms with van der Waals surface area (Å²) in [6.07, 6.45) is 3.91. The van der Waals surface area contributed by atoms with Crippen LogP contribution in [-0.4, -0.2) is 54.7 Å². The molecule has 1 amide bonds. The average molecular weight is 337 g/mol. The second kappa shape index (κ2) is 7.75. The molecule has 1 aromatic rings. The second-order valence-electron chi connectivity index (χ2n) is 6.80. The number of nitrogens with zero attached hydrogens (tertiary/aromatic N) is 1. The number of piperidine rings is 1. The average Bonchev–Trinajstić information content (AvgIpc) is 3.22. The number of aliphatic hydroxyl groups excluding tert-OH is 1. The zero-order chi connectivity index (χ0) is 16.1. The summed E-state index contributed by atoms with van der Waals surface area (Å²) in [6, 6.07) is 4.03. The number of aliphatic hydroxyl groups is 1. The van der Waals surface area contributed by atoms with Gasteiger partial charge in [0.1, 0.15) is 0 Å². The van der Waals surface area contributed by atoms with Crippen LogP contribution in [0.5, 0.6) is 0 Å². The zero-order valence-electron chi connectivity index (χ0n) is 13.6. The van der Waals surface area contributed by atoms with E-state index in [1.807, 2.05) is 16.3 Å². The number of thiophene rings is 1. The van der Waals surface area contributed by atoms with Gasteiger partial charge in [-0.15, -0.1) is 11.3 Å². The fraction of sp³-hybridized carbons (Fsp3) is 0.706. The van der Waals surface area contributed by atoms with E-state index in [1.165, 1.54) is 4.88 Å². The Bertz CT molecular complexity index is 500. The van der Waals surface area contributed by atoms with Crippen LogP contribution >= 0.6 is 11.3 Å². The van der Waals surface area contributed by atoms with Crippen molar-refractivity contribution in [2.45, 2.75) is 38.3 Å². The van der Waals surface area contributed by atoms with Crippen LogP contribution in [0, 0.1) is 5.41 Å². The molecule has 2 aliphatic rings. The summed E-state index contributed by atoms with van der Waals surface area (Å²) in [4.78, 5) is 16.1. The van der Waals surface area contributed by atoms with E-state index >= 15 is 0 Å². The lowest BCUT2D eigenvalue weighted by Gasteiger charge is -2.33. The number of rotatable bonds is 6. The van der Waals surface area contributed by atoms with Crippen molar-refractivity contribution in [3.8, 4) is 0 Å². The lowest BCUT2D eigenvalue weighted by molar-refractivity contribution is -0.134. The molecule has 2 aliphatic heterocycles. The van der Waals surface area contributed by atoms with Crippen molar-refractivity contribution in [1.82, 2.24) is 15.5 Å². The van der Waals surface area contributed by atoms with Gasteiger partial charge in [-0.05, 0) is 55.6 Å². The minimum absolute atomic E-state index is 0.0632. The Labute approximate surface area is 142 Å². The summed E-state index contributed by atoms with van der Waals surface area (Å²) < 4.78 is 0. The summed E-state index contributed by atoms with van der Waals surface area (Å²) in [6.45, 7) is 4.49. The van der Waals surface area contributed by atoms with Crippen molar-refractivity contribution in [3.05, 3.63) is 22.4 Å². The summed E-state index contributed by atoms with van der Waals surface area (Å²) in [5.41, 5.74) is 0.303. The Morgan fingerprint density at radius 3 is 2.96 bits per heavy atom. The summed E-state index contributed by atoms with van der Waals surface area (Å²) in [7, 11) is 0. The van der Waals surface area contributed by atoms with E-state index in [4.69, 9.17) is 5.11 Å². The summed E-state index contributed by atoms with van der Waals surface area (Å²) >= 11 is 1.68. The molecule has 3 heterocycles. The van der Waals surface area contributed by atoms with Crippen molar-refractivity contribution in [2.24, 2.45) is 5.41 Å². The van der Waals surface area contributed by atoms with Gasteiger partial charge in [0.15, 0.2) is 0 Å². The Balaban J connectivity index is 1.63. The maximum absolute atomic E-state index is 13.0. The van der Waals surface area contributed by atoms with Crippen LogP contribution in [0.3, 0.4) is 0 Å². The normalized spacial score (nSPS) is 23.3. The fourth-order valence-corrected chi connectivity index (χ4v) is 4.49. The van der Waals surface area contributed by atoms with E-state index in [9.17, 15) is 4.79 Å². The van der Waals surface area contributed by atoms with Gasteiger partial charge in [0.25, 0.3) is 0 Å². The van der Waals surface area contributed by atoms with Crippen molar-refractivity contribution in [1.29, 1.82) is 0 Å². The van der Waals surface area contributed by atoms with Gasteiger partial charge < -0.3 is 20.6 Å². The number of amides is 1. The zero-order valence-corrected chi connectivity index (χ0v) is 14.4. The predicted octanol–water partition coefficient (Wildman–Crippen LogP) is 1.19. The summed E-state index contributed by atoms with van der Waals surface area (Å²) in [5.74, 6) is 0.197. The van der Waals surface area contributed by atoms with Crippen LogP contribution in [0.25, 0.3) is 0 Å². The standard InChI is InChI=1S/C17H27N3O2S/c21-9-2-8-20(12-14-3-1-10-23-14)16(22)15-11-17(13-19-15)4-6-18-7-5-17/h1,3,10,15,18-19,21H,2,4-9,11-13H2/t15-/m0/s1. The van der Waals surface area contributed by atoms with Gasteiger partial charge in [0.2, 0.25) is 5.91 Å². The third-order valence-electron chi connectivity index (χ3n) is 5.15. The smallest absolute Gasteiger partial charge is 0.240 e. The van der Waals surface area contributed by atoms with E-state index in [1.54, 1.807) is 11.3 Å². The van der Waals surface area contributed by atoms with Crippen LogP contribution in [0.15, 0.2) is 17.5 Å². The number of carbonyl (C=O) groups is 1. The molecule has 23 heavy (non-hydrogen) atoms. The van der Waals surface area contributed by atoms with E-state index in [0.717, 1.165) is 38.9 Å². The van der Waals surface area contributed by atoms with Gasteiger partial charge in [-0.2, -0.15) is 0 Å². The third-order valence-corrected chi connectivity index (χ3v) is 6.01. The predicted molar refractivity (Wildman–Crippen MR) is 92.4 cm³/mol. The molecule has 3 N–H and O–H groups in total. The second-order valence-corrected chi connectivity index (χ2v) is 7.84. The van der Waals surface area contributed by atoms with E-state index in [0.29, 0.717) is 24.9 Å². The van der Waals surface area contributed by atoms with Gasteiger partial charge in [-0.25, -0.2) is 0 Å². The monoisotopic (exact) mass is 337 g/mol. The molecule has 0 aliphatic carbocycles. The van der Waals surface area contributed by atoms with Crippen LogP contribution in [0.1, 0.15) is 30.6 Å². The van der Waals surface area contributed by atoms with Crippen molar-refractivity contribution in [3.63, 3.8) is 0 Å². The highest BCUT2D eigenvalue weighted by atomic mass is 32.1. The van der Waals surface area contributed by atoms with E-state index in [-0.39, 0.29) is 18.6 Å². The largest absolute Gasteiger partial charge is 0.396 e. The molecule has 1 aromatic heterocycles. The SMILES string of the molecule is O=C([C@@H]1CC2(CCNCC2)CN1)N(CCCO)Cc1cccs1. The molecule has 0 saturated carbocycles. The number of carbonyl (C=O) groups excluding carboxylic acids is 1. The van der Waals surface area contributed by atoms with Crippen molar-refractivity contribution < 1.29 is 9.90 Å². The number of nitrogens with one attached hydrogen (secondary N) is 2. The topological polar surface area (TPSA) is 64.6 Å². The third kappa shape index (κ3) is 4.12. The maximum Gasteiger partial charge on any atom is 0.240 e. The van der Waals surface area contributed by atoms with Crippen LogP contribution in [0.2, 0.25) is 0 Å². The Morgan fingerprint density at radius 1 is 1.43 bits per heavy atom. The highest BCUT2D eigenvalue weighted by molar-refractivity contribution is 7.09. The molecular formula is C17H27N3O2S. The molecule has 3 rings (SSSR count). The molecule has 2 fully saturated rings. The molecule has 6 heteroatoms. The first-order chi connectivity index (χ1) is 11.2. The lowest BCUT2D eigenvalue weighted by Crippen LogP contribution is -2.43. The molecule has 2 saturated heterocycles. The molecule has 0 radical (unpaired) electrons. The fourth-order valence-electron chi connectivity index (χ4n) is 3.77. The van der Waals surface area contributed by atoms with Gasteiger partial charge in [0, 0.05) is 24.6 Å². The van der Waals surface area contributed by atoms with E-state index < -0.39 is 0 Å². The van der Waals surface area contributed by atoms with Crippen LogP contribution in [0.4, 0.5) is 0 Å². The lowest BCUT2D eigenvalue weighted by atomic mass is 9.77. The molecule has 0 bridgehead atoms. The number of hydrogen-bond acceptors (Lipinski definition) is 5. The van der Waals surface area contributed by atoms with Gasteiger partial charge >= 0.3 is 0 Å². The van der Waals surface area contributed by atoms with Crippen molar-refractivity contribution in [2.75, 3.05) is 32.8 Å². The Morgan fingerprint density at radius 2 is 2.26 bits per heavy atom. The van der Waals surface area contributed by atoms with Crippen LogP contribution < -0.4 is 10.6 Å². The maximum atomic E-state index is 13.0. The molecule has 1 atom stereocenters. The highest BCUT2D eigenvalue weighted by Gasteiger charge is 2.43. The highest BCUT2D eigenvalue weighted by Crippen LogP contribution is 2.37. The summed E-state index contributed by atoms with van der Waals surface area (Å²) in [5, 5.41) is 18.1. The van der Waals surface area contributed by atoms with Gasteiger partial charge in [-0.3, -0.25) is 4.79 Å². The van der Waals surface area contributed by atoms with Crippen LogP contribution in [-0.2, 0) is 11.3 Å². The minimum atomic E-state index is -0.0632. The first-order valence-electron chi connectivity index (χ1n) is 8.59. The Kier molecular flexibility index (Phi) is 5.69. The quantitative estimate of drug-likeness (QED) is 0.730. The van der Waals surface area contributed by atoms with Gasteiger partial charge in [-0.1, -0.05) is 6.07 Å². The molecule has 0 unspecified atom stereocenters. The first-order valence-corrected chi connectivity index (χ1v) is 9.47. The van der Waals surface area contributed by atoms with E-state index in [2.05, 4.69) is 16.7 Å². The van der Waals surface area contributed by atoms with Crippen molar-refractivity contribution >= 4 is 17.2 Å². The molecule has 128 valence electrons. The molecule has 5 nitrogen and oxygen atoms in total. The molecular weight excluding hydrogens is 310 g/mol. The minimum Gasteiger partial charge on any atom is -0.396 e.